The molecule has 34 heavy (non-hydrogen) atoms. The third-order valence-corrected chi connectivity index (χ3v) is 5.96. The molecule has 1 aromatic heterocycles. The highest BCUT2D eigenvalue weighted by Crippen LogP contribution is 2.29. The van der Waals surface area contributed by atoms with Gasteiger partial charge in [-0.05, 0) is 55.0 Å². The third-order valence-electron chi connectivity index (χ3n) is 4.67. The normalized spacial score (nSPS) is 11.0. The van der Waals surface area contributed by atoms with Crippen molar-refractivity contribution < 1.29 is 19.0 Å². The van der Waals surface area contributed by atoms with E-state index in [0.29, 0.717) is 40.6 Å². The van der Waals surface area contributed by atoms with Crippen LogP contribution in [0, 0.1) is 25.2 Å². The van der Waals surface area contributed by atoms with Crippen molar-refractivity contribution in [3.05, 3.63) is 58.7 Å². The lowest BCUT2D eigenvalue weighted by atomic mass is 10.1. The van der Waals surface area contributed by atoms with Crippen LogP contribution in [0.25, 0.3) is 6.08 Å². The van der Waals surface area contributed by atoms with Crippen LogP contribution < -0.4 is 19.5 Å². The standard InChI is InChI=1S/C24H24N4O4S2/c1-15-6-5-7-16(2)21(15)32-11-10-31-19-9-8-17(13-20(19)30-3)12-18(14-25)22(29)26-23-27-24(33-4)28-34-23/h5-9,12-13H,10-11H2,1-4H3,(H,26,27,28,29)/b18-12-. The summed E-state index contributed by atoms with van der Waals surface area (Å²) in [7, 11) is 1.53. The number of amides is 1. The molecule has 0 aliphatic rings. The van der Waals surface area contributed by atoms with Gasteiger partial charge in [0.2, 0.25) is 10.3 Å². The Morgan fingerprint density at radius 3 is 2.56 bits per heavy atom. The monoisotopic (exact) mass is 496 g/mol. The Morgan fingerprint density at radius 2 is 1.91 bits per heavy atom. The zero-order chi connectivity index (χ0) is 24.5. The molecule has 1 heterocycles. The van der Waals surface area contributed by atoms with Gasteiger partial charge in [0.25, 0.3) is 5.91 Å². The quantitative estimate of drug-likeness (QED) is 0.183. The first-order valence-corrected chi connectivity index (χ1v) is 12.3. The fraction of sp³-hybridized carbons (Fsp3) is 0.250. The van der Waals surface area contributed by atoms with Crippen molar-refractivity contribution in [2.24, 2.45) is 0 Å². The molecule has 1 N–H and O–H groups in total. The number of thioether (sulfide) groups is 1. The number of aryl methyl sites for hydroxylation is 2. The number of carbonyl (C=O) groups excluding carboxylic acids is 1. The Hall–Kier alpha value is -3.55. The first-order valence-electron chi connectivity index (χ1n) is 10.3. The van der Waals surface area contributed by atoms with Gasteiger partial charge in [-0.15, -0.1) is 0 Å². The summed E-state index contributed by atoms with van der Waals surface area (Å²) in [5.74, 6) is 1.31. The first-order chi connectivity index (χ1) is 16.4. The number of hydrogen-bond acceptors (Lipinski definition) is 9. The van der Waals surface area contributed by atoms with Gasteiger partial charge < -0.3 is 14.2 Å². The average molecular weight is 497 g/mol. The highest BCUT2D eigenvalue weighted by molar-refractivity contribution is 7.98. The molecule has 10 heteroatoms. The van der Waals surface area contributed by atoms with Gasteiger partial charge in [0.05, 0.1) is 7.11 Å². The molecule has 0 saturated heterocycles. The van der Waals surface area contributed by atoms with Crippen molar-refractivity contribution in [3.8, 4) is 23.3 Å². The molecular formula is C24H24N4O4S2. The number of aromatic nitrogens is 2. The Kier molecular flexibility index (Phi) is 8.90. The molecule has 0 atom stereocenters. The average Bonchev–Trinajstić information content (AvgIpc) is 3.29. The summed E-state index contributed by atoms with van der Waals surface area (Å²) < 4.78 is 21.2. The van der Waals surface area contributed by atoms with Gasteiger partial charge in [-0.1, -0.05) is 36.0 Å². The van der Waals surface area contributed by atoms with Crippen molar-refractivity contribution in [3.63, 3.8) is 0 Å². The fourth-order valence-electron chi connectivity index (χ4n) is 3.04. The van der Waals surface area contributed by atoms with E-state index in [1.165, 1.54) is 24.9 Å². The topological polar surface area (TPSA) is 106 Å². The van der Waals surface area contributed by atoms with Crippen LogP contribution in [0.2, 0.25) is 0 Å². The lowest BCUT2D eigenvalue weighted by molar-refractivity contribution is -0.112. The lowest BCUT2D eigenvalue weighted by Crippen LogP contribution is -2.13. The van der Waals surface area contributed by atoms with Crippen LogP contribution in [0.15, 0.2) is 47.1 Å². The zero-order valence-electron chi connectivity index (χ0n) is 19.2. The minimum Gasteiger partial charge on any atom is -0.493 e. The maximum absolute atomic E-state index is 12.5. The van der Waals surface area contributed by atoms with Gasteiger partial charge in [0, 0.05) is 11.5 Å². The van der Waals surface area contributed by atoms with Crippen LogP contribution in [0.4, 0.5) is 5.13 Å². The smallest absolute Gasteiger partial charge is 0.268 e. The Labute approximate surface area is 206 Å². The van der Waals surface area contributed by atoms with E-state index >= 15 is 0 Å². The van der Waals surface area contributed by atoms with Gasteiger partial charge in [-0.2, -0.15) is 14.6 Å². The zero-order valence-corrected chi connectivity index (χ0v) is 20.9. The number of carbonyl (C=O) groups is 1. The SMILES string of the molecule is COc1cc(/C=C(/C#N)C(=O)Nc2nc(SC)ns2)ccc1OCCOc1c(C)cccc1C. The number of rotatable bonds is 10. The van der Waals surface area contributed by atoms with Crippen LogP contribution in [0.1, 0.15) is 16.7 Å². The number of ether oxygens (including phenoxy) is 3. The minimum absolute atomic E-state index is 0.0707. The molecule has 0 spiro atoms. The number of para-hydroxylation sites is 1. The van der Waals surface area contributed by atoms with Crippen LogP contribution in [-0.4, -0.2) is 41.8 Å². The molecular weight excluding hydrogens is 472 g/mol. The van der Waals surface area contributed by atoms with Crippen molar-refractivity contribution in [1.29, 1.82) is 5.26 Å². The lowest BCUT2D eigenvalue weighted by Gasteiger charge is -2.14. The summed E-state index contributed by atoms with van der Waals surface area (Å²) >= 11 is 2.43. The van der Waals surface area contributed by atoms with Gasteiger partial charge in [0.15, 0.2) is 11.5 Å². The predicted molar refractivity (Wildman–Crippen MR) is 134 cm³/mol. The Balaban J connectivity index is 1.64. The van der Waals surface area contributed by atoms with Crippen molar-refractivity contribution in [1.82, 2.24) is 9.36 Å². The number of anilines is 1. The number of methoxy groups -OCH3 is 1. The molecule has 3 aromatic rings. The van der Waals surface area contributed by atoms with Crippen molar-refractivity contribution in [2.75, 3.05) is 31.9 Å². The van der Waals surface area contributed by atoms with Gasteiger partial charge in [-0.25, -0.2) is 0 Å². The number of nitrogens with one attached hydrogen (secondary N) is 1. The summed E-state index contributed by atoms with van der Waals surface area (Å²) in [5, 5.41) is 12.9. The van der Waals surface area contributed by atoms with E-state index in [0.717, 1.165) is 28.4 Å². The van der Waals surface area contributed by atoms with Gasteiger partial charge in [0.1, 0.15) is 30.6 Å². The van der Waals surface area contributed by atoms with Crippen LogP contribution in [-0.2, 0) is 4.79 Å². The van der Waals surface area contributed by atoms with E-state index in [1.807, 2.05) is 44.4 Å². The van der Waals surface area contributed by atoms with Crippen LogP contribution in [0.5, 0.6) is 17.2 Å². The second kappa shape index (κ2) is 12.1. The highest BCUT2D eigenvalue weighted by Gasteiger charge is 2.14. The largest absolute Gasteiger partial charge is 0.493 e. The summed E-state index contributed by atoms with van der Waals surface area (Å²) in [4.78, 5) is 16.6. The third kappa shape index (κ3) is 6.50. The molecule has 2 aromatic carbocycles. The summed E-state index contributed by atoms with van der Waals surface area (Å²) in [6, 6.07) is 13.1. The number of nitriles is 1. The van der Waals surface area contributed by atoms with Gasteiger partial charge in [-0.3, -0.25) is 10.1 Å². The summed E-state index contributed by atoms with van der Waals surface area (Å²) in [6.07, 6.45) is 3.31. The molecule has 8 nitrogen and oxygen atoms in total. The summed E-state index contributed by atoms with van der Waals surface area (Å²) in [6.45, 7) is 4.71. The highest BCUT2D eigenvalue weighted by atomic mass is 32.2. The summed E-state index contributed by atoms with van der Waals surface area (Å²) in [5.41, 5.74) is 2.69. The van der Waals surface area contributed by atoms with Gasteiger partial charge >= 0.3 is 0 Å². The number of hydrogen-bond donors (Lipinski definition) is 1. The van der Waals surface area contributed by atoms with Crippen LogP contribution >= 0.6 is 23.3 Å². The van der Waals surface area contributed by atoms with E-state index in [4.69, 9.17) is 14.2 Å². The molecule has 0 radical (unpaired) electrons. The molecule has 0 bridgehead atoms. The molecule has 176 valence electrons. The second-order valence-electron chi connectivity index (χ2n) is 7.04. The first kappa shape index (κ1) is 25.1. The van der Waals surface area contributed by atoms with E-state index in [1.54, 1.807) is 18.2 Å². The van der Waals surface area contributed by atoms with E-state index in [9.17, 15) is 10.1 Å². The molecule has 0 aliphatic carbocycles. The molecule has 0 saturated carbocycles. The number of benzene rings is 2. The predicted octanol–water partition coefficient (Wildman–Crippen LogP) is 4.89. The molecule has 3 rings (SSSR count). The Morgan fingerprint density at radius 1 is 1.18 bits per heavy atom. The maximum Gasteiger partial charge on any atom is 0.268 e. The molecule has 0 unspecified atom stereocenters. The molecule has 0 aliphatic heterocycles. The van der Waals surface area contributed by atoms with Crippen molar-refractivity contribution >= 4 is 40.4 Å². The van der Waals surface area contributed by atoms with E-state index in [2.05, 4.69) is 14.7 Å². The molecule has 1 amide bonds. The van der Waals surface area contributed by atoms with E-state index < -0.39 is 5.91 Å². The fourth-order valence-corrected chi connectivity index (χ4v) is 4.16. The number of nitrogens with zero attached hydrogens (tertiary/aromatic N) is 3. The minimum atomic E-state index is -0.561. The van der Waals surface area contributed by atoms with Crippen LogP contribution in [0.3, 0.4) is 0 Å². The van der Waals surface area contributed by atoms with E-state index in [-0.39, 0.29) is 5.57 Å². The Bertz CT molecular complexity index is 1210. The second-order valence-corrected chi connectivity index (χ2v) is 8.56. The maximum atomic E-state index is 12.5. The molecule has 0 fully saturated rings. The van der Waals surface area contributed by atoms with Crippen molar-refractivity contribution in [2.45, 2.75) is 19.0 Å².